The Morgan fingerprint density at radius 1 is 1.00 bits per heavy atom. The first-order valence-corrected chi connectivity index (χ1v) is 8.19. The van der Waals surface area contributed by atoms with E-state index >= 15 is 0 Å². The maximum Gasteiger partial charge on any atom is 0.225 e. The molecule has 1 aromatic rings. The van der Waals surface area contributed by atoms with Crippen LogP contribution in [-0.4, -0.2) is 23.1 Å². The number of fused-ring (bicyclic) bond motifs is 2. The highest BCUT2D eigenvalue weighted by Gasteiger charge is 2.39. The summed E-state index contributed by atoms with van der Waals surface area (Å²) in [5.41, 5.74) is 2.59. The molecule has 0 unspecified atom stereocenters. The van der Waals surface area contributed by atoms with E-state index in [4.69, 9.17) is 9.97 Å². The van der Waals surface area contributed by atoms with Crippen molar-refractivity contribution in [2.45, 2.75) is 57.4 Å². The van der Waals surface area contributed by atoms with E-state index in [-0.39, 0.29) is 0 Å². The lowest BCUT2D eigenvalue weighted by molar-refractivity contribution is 0.434. The molecule has 2 fully saturated rings. The van der Waals surface area contributed by atoms with Crippen molar-refractivity contribution in [1.82, 2.24) is 9.97 Å². The largest absolute Gasteiger partial charge is 0.373 e. The van der Waals surface area contributed by atoms with Crippen LogP contribution in [0.3, 0.4) is 0 Å². The number of aromatic nitrogens is 2. The molecule has 3 aliphatic rings. The third kappa shape index (κ3) is 1.97. The number of hydrogen-bond acceptors (Lipinski definition) is 4. The number of anilines is 2. The molecule has 0 saturated heterocycles. The van der Waals surface area contributed by atoms with Crippen molar-refractivity contribution < 1.29 is 0 Å². The quantitative estimate of drug-likeness (QED) is 0.888. The van der Waals surface area contributed by atoms with Crippen LogP contribution in [-0.2, 0) is 12.8 Å². The fourth-order valence-corrected chi connectivity index (χ4v) is 4.61. The SMILES string of the molecule is CNc1nc(N[C@H]2CC[C@@H]3CCC[C@@H]32)nc2c1CCC2. The van der Waals surface area contributed by atoms with Crippen LogP contribution < -0.4 is 10.6 Å². The van der Waals surface area contributed by atoms with Gasteiger partial charge < -0.3 is 10.6 Å². The maximum absolute atomic E-state index is 4.78. The highest BCUT2D eigenvalue weighted by molar-refractivity contribution is 5.52. The summed E-state index contributed by atoms with van der Waals surface area (Å²) in [5, 5.41) is 6.90. The lowest BCUT2D eigenvalue weighted by Crippen LogP contribution is -2.26. The topological polar surface area (TPSA) is 49.8 Å². The van der Waals surface area contributed by atoms with E-state index < -0.39 is 0 Å². The summed E-state index contributed by atoms with van der Waals surface area (Å²) in [6.45, 7) is 0. The zero-order valence-corrected chi connectivity index (χ0v) is 12.3. The van der Waals surface area contributed by atoms with E-state index in [0.717, 1.165) is 36.4 Å². The standard InChI is InChI=1S/C16H24N4/c1-17-15-12-6-3-7-13(12)18-16(20-15)19-14-9-8-10-4-2-5-11(10)14/h10-11,14H,2-9H2,1H3,(H2,17,18,19,20)/t10-,11-,14-/m0/s1. The Hall–Kier alpha value is -1.32. The maximum atomic E-state index is 4.78. The summed E-state index contributed by atoms with van der Waals surface area (Å²) in [6, 6.07) is 0.603. The third-order valence-electron chi connectivity index (χ3n) is 5.57. The monoisotopic (exact) mass is 272 g/mol. The predicted molar refractivity (Wildman–Crippen MR) is 81.1 cm³/mol. The van der Waals surface area contributed by atoms with Crippen molar-refractivity contribution in [1.29, 1.82) is 0 Å². The summed E-state index contributed by atoms with van der Waals surface area (Å²) in [4.78, 5) is 9.48. The number of rotatable bonds is 3. The normalized spacial score (nSPS) is 31.1. The molecule has 3 atom stereocenters. The van der Waals surface area contributed by atoms with Gasteiger partial charge in [-0.1, -0.05) is 12.8 Å². The van der Waals surface area contributed by atoms with Crippen LogP contribution in [0, 0.1) is 11.8 Å². The van der Waals surface area contributed by atoms with E-state index in [1.54, 1.807) is 0 Å². The Bertz CT molecular complexity index is 513. The summed E-state index contributed by atoms with van der Waals surface area (Å²) < 4.78 is 0. The molecule has 1 heterocycles. The molecule has 0 amide bonds. The van der Waals surface area contributed by atoms with Gasteiger partial charge in [-0.3, -0.25) is 0 Å². The van der Waals surface area contributed by atoms with E-state index in [1.807, 2.05) is 7.05 Å². The van der Waals surface area contributed by atoms with Gasteiger partial charge in [0.2, 0.25) is 5.95 Å². The van der Waals surface area contributed by atoms with Gasteiger partial charge in [-0.25, -0.2) is 4.98 Å². The Morgan fingerprint density at radius 3 is 2.85 bits per heavy atom. The van der Waals surface area contributed by atoms with E-state index in [0.29, 0.717) is 6.04 Å². The van der Waals surface area contributed by atoms with Crippen molar-refractivity contribution in [3.63, 3.8) is 0 Å². The molecule has 4 nitrogen and oxygen atoms in total. The van der Waals surface area contributed by atoms with Gasteiger partial charge in [0.25, 0.3) is 0 Å². The van der Waals surface area contributed by atoms with Crippen LogP contribution in [0.25, 0.3) is 0 Å². The molecule has 108 valence electrons. The van der Waals surface area contributed by atoms with Gasteiger partial charge in [-0.2, -0.15) is 4.98 Å². The molecule has 0 aliphatic heterocycles. The average molecular weight is 272 g/mol. The highest BCUT2D eigenvalue weighted by atomic mass is 15.2. The number of nitrogens with one attached hydrogen (secondary N) is 2. The highest BCUT2D eigenvalue weighted by Crippen LogP contribution is 2.44. The summed E-state index contributed by atoms with van der Waals surface area (Å²) in [6.07, 6.45) is 10.4. The molecule has 0 radical (unpaired) electrons. The summed E-state index contributed by atoms with van der Waals surface area (Å²) >= 11 is 0. The van der Waals surface area contributed by atoms with Gasteiger partial charge >= 0.3 is 0 Å². The Morgan fingerprint density at radius 2 is 1.95 bits per heavy atom. The fourth-order valence-electron chi connectivity index (χ4n) is 4.61. The molecule has 0 spiro atoms. The molecule has 4 heteroatoms. The molecule has 2 saturated carbocycles. The van der Waals surface area contributed by atoms with Crippen molar-refractivity contribution in [3.05, 3.63) is 11.3 Å². The minimum atomic E-state index is 0.603. The van der Waals surface area contributed by atoms with Crippen molar-refractivity contribution in [3.8, 4) is 0 Å². The second-order valence-corrected chi connectivity index (χ2v) is 6.61. The van der Waals surface area contributed by atoms with Crippen molar-refractivity contribution in [2.24, 2.45) is 11.8 Å². The lowest BCUT2D eigenvalue weighted by atomic mass is 9.98. The zero-order valence-electron chi connectivity index (χ0n) is 12.3. The molecular formula is C16H24N4. The minimum absolute atomic E-state index is 0.603. The van der Waals surface area contributed by atoms with Crippen LogP contribution in [0.1, 0.15) is 49.8 Å². The summed E-state index contributed by atoms with van der Waals surface area (Å²) in [5.74, 6) is 3.72. The average Bonchev–Trinajstić information content (AvgIpc) is 3.15. The van der Waals surface area contributed by atoms with Crippen molar-refractivity contribution in [2.75, 3.05) is 17.7 Å². The third-order valence-corrected chi connectivity index (χ3v) is 5.57. The Balaban J connectivity index is 1.57. The molecule has 0 aromatic carbocycles. The van der Waals surface area contributed by atoms with E-state index in [9.17, 15) is 0 Å². The molecule has 0 bridgehead atoms. The van der Waals surface area contributed by atoms with Gasteiger partial charge in [-0.05, 0) is 50.4 Å². The van der Waals surface area contributed by atoms with Crippen LogP contribution in [0.2, 0.25) is 0 Å². The van der Waals surface area contributed by atoms with Crippen LogP contribution in [0.15, 0.2) is 0 Å². The zero-order chi connectivity index (χ0) is 13.5. The van der Waals surface area contributed by atoms with Crippen LogP contribution in [0.4, 0.5) is 11.8 Å². The Labute approximate surface area is 120 Å². The predicted octanol–water partition coefficient (Wildman–Crippen LogP) is 3.00. The fraction of sp³-hybridized carbons (Fsp3) is 0.750. The first-order chi connectivity index (χ1) is 9.85. The van der Waals surface area contributed by atoms with Gasteiger partial charge in [0.1, 0.15) is 5.82 Å². The number of aryl methyl sites for hydroxylation is 1. The van der Waals surface area contributed by atoms with Gasteiger partial charge in [0.15, 0.2) is 0 Å². The van der Waals surface area contributed by atoms with Crippen molar-refractivity contribution >= 4 is 11.8 Å². The minimum Gasteiger partial charge on any atom is -0.373 e. The first kappa shape index (κ1) is 12.4. The number of nitrogens with zero attached hydrogens (tertiary/aromatic N) is 2. The molecule has 1 aromatic heterocycles. The molecule has 20 heavy (non-hydrogen) atoms. The van der Waals surface area contributed by atoms with Gasteiger partial charge in [0.05, 0.1) is 5.69 Å². The Kier molecular flexibility index (Phi) is 3.04. The summed E-state index contributed by atoms with van der Waals surface area (Å²) in [7, 11) is 1.97. The first-order valence-electron chi connectivity index (χ1n) is 8.19. The molecule has 3 aliphatic carbocycles. The van der Waals surface area contributed by atoms with Gasteiger partial charge in [0, 0.05) is 18.7 Å². The lowest BCUT2D eigenvalue weighted by Gasteiger charge is -2.21. The molecule has 4 rings (SSSR count). The number of hydrogen-bond donors (Lipinski definition) is 2. The molecular weight excluding hydrogens is 248 g/mol. The van der Waals surface area contributed by atoms with Crippen LogP contribution >= 0.6 is 0 Å². The second-order valence-electron chi connectivity index (χ2n) is 6.61. The smallest absolute Gasteiger partial charge is 0.225 e. The van der Waals surface area contributed by atoms with Gasteiger partial charge in [-0.15, -0.1) is 0 Å². The second kappa shape index (κ2) is 4.90. The molecule has 2 N–H and O–H groups in total. The van der Waals surface area contributed by atoms with E-state index in [2.05, 4.69) is 10.6 Å². The van der Waals surface area contributed by atoms with E-state index in [1.165, 1.54) is 49.8 Å². The van der Waals surface area contributed by atoms with Crippen LogP contribution in [0.5, 0.6) is 0 Å².